The van der Waals surface area contributed by atoms with Crippen LogP contribution in [0.2, 0.25) is 0 Å². The fraction of sp³-hybridized carbons (Fsp3) is 0.214. The highest BCUT2D eigenvalue weighted by Gasteiger charge is 2.07. The van der Waals surface area contributed by atoms with Crippen molar-refractivity contribution in [3.05, 3.63) is 47.9 Å². The summed E-state index contributed by atoms with van der Waals surface area (Å²) < 4.78 is 7.37. The quantitative estimate of drug-likeness (QED) is 0.782. The highest BCUT2D eigenvalue weighted by molar-refractivity contribution is 5.36. The zero-order valence-corrected chi connectivity index (χ0v) is 11.0. The van der Waals surface area contributed by atoms with E-state index >= 15 is 0 Å². The smallest absolute Gasteiger partial charge is 0.255 e. The molecule has 6 heteroatoms. The van der Waals surface area contributed by atoms with Gasteiger partial charge in [0, 0.05) is 18.4 Å². The van der Waals surface area contributed by atoms with Crippen LogP contribution in [0.1, 0.15) is 11.3 Å². The van der Waals surface area contributed by atoms with E-state index in [1.165, 1.54) is 6.33 Å². The van der Waals surface area contributed by atoms with E-state index in [2.05, 4.69) is 15.1 Å². The predicted molar refractivity (Wildman–Crippen MR) is 72.8 cm³/mol. The lowest BCUT2D eigenvalue weighted by Gasteiger charge is -2.08. The fourth-order valence-electron chi connectivity index (χ4n) is 1.94. The molecular weight excluding hydrogens is 256 g/mol. The maximum atomic E-state index is 8.89. The van der Waals surface area contributed by atoms with Gasteiger partial charge in [0.2, 0.25) is 5.88 Å². The predicted octanol–water partition coefficient (Wildman–Crippen LogP) is 1.76. The molecule has 0 amide bonds. The van der Waals surface area contributed by atoms with E-state index in [1.807, 2.05) is 37.3 Å². The van der Waals surface area contributed by atoms with Crippen molar-refractivity contribution in [2.75, 3.05) is 6.61 Å². The lowest BCUT2D eigenvalue weighted by Crippen LogP contribution is -1.99. The second kappa shape index (κ2) is 5.26. The summed E-state index contributed by atoms with van der Waals surface area (Å²) in [7, 11) is 0. The molecule has 0 atom stereocenters. The van der Waals surface area contributed by atoms with Crippen LogP contribution in [0.15, 0.2) is 36.7 Å². The third-order valence-corrected chi connectivity index (χ3v) is 2.89. The molecule has 0 radical (unpaired) electrons. The molecule has 20 heavy (non-hydrogen) atoms. The normalized spacial score (nSPS) is 10.9. The van der Waals surface area contributed by atoms with Gasteiger partial charge in [-0.05, 0) is 31.0 Å². The summed E-state index contributed by atoms with van der Waals surface area (Å²) >= 11 is 0. The van der Waals surface area contributed by atoms with Crippen molar-refractivity contribution in [3.8, 4) is 11.6 Å². The lowest BCUT2D eigenvalue weighted by atomic mass is 10.1. The van der Waals surface area contributed by atoms with Crippen LogP contribution >= 0.6 is 0 Å². The summed E-state index contributed by atoms with van der Waals surface area (Å²) in [6.45, 7) is 2.02. The molecular formula is C14H14N4O2. The van der Waals surface area contributed by atoms with E-state index in [0.29, 0.717) is 23.8 Å². The van der Waals surface area contributed by atoms with Gasteiger partial charge in [0.05, 0.1) is 0 Å². The van der Waals surface area contributed by atoms with Crippen molar-refractivity contribution in [1.29, 1.82) is 0 Å². The summed E-state index contributed by atoms with van der Waals surface area (Å²) in [5.41, 5.74) is 1.88. The Morgan fingerprint density at radius 2 is 2.05 bits per heavy atom. The van der Waals surface area contributed by atoms with E-state index in [4.69, 9.17) is 9.84 Å². The zero-order valence-electron chi connectivity index (χ0n) is 11.0. The molecule has 3 rings (SSSR count). The topological polar surface area (TPSA) is 72.5 Å². The van der Waals surface area contributed by atoms with E-state index in [9.17, 15) is 0 Å². The first-order valence-electron chi connectivity index (χ1n) is 6.31. The first-order chi connectivity index (χ1) is 9.76. The number of rotatable bonds is 4. The maximum Gasteiger partial charge on any atom is 0.255 e. The van der Waals surface area contributed by atoms with Crippen LogP contribution in [0.25, 0.3) is 5.78 Å². The largest absolute Gasteiger partial charge is 0.439 e. The molecule has 2 aromatic heterocycles. The molecule has 3 aromatic rings. The van der Waals surface area contributed by atoms with Gasteiger partial charge in [-0.15, -0.1) is 0 Å². The number of aromatic nitrogens is 4. The number of benzene rings is 1. The van der Waals surface area contributed by atoms with Crippen molar-refractivity contribution in [2.45, 2.75) is 13.3 Å². The third-order valence-electron chi connectivity index (χ3n) is 2.89. The van der Waals surface area contributed by atoms with Gasteiger partial charge in [-0.25, -0.2) is 4.98 Å². The molecule has 0 spiro atoms. The first-order valence-corrected chi connectivity index (χ1v) is 6.31. The van der Waals surface area contributed by atoms with Gasteiger partial charge in [0.25, 0.3) is 5.78 Å². The Hall–Kier alpha value is -2.47. The molecule has 2 heterocycles. The fourth-order valence-corrected chi connectivity index (χ4v) is 1.94. The molecule has 0 aliphatic carbocycles. The number of aryl methyl sites for hydroxylation is 1. The first kappa shape index (κ1) is 12.6. The van der Waals surface area contributed by atoms with E-state index < -0.39 is 0 Å². The maximum absolute atomic E-state index is 8.89. The summed E-state index contributed by atoms with van der Waals surface area (Å²) in [6.07, 6.45) is 2.08. The molecule has 0 unspecified atom stereocenters. The van der Waals surface area contributed by atoms with Crippen LogP contribution < -0.4 is 4.74 Å². The van der Waals surface area contributed by atoms with Crippen molar-refractivity contribution < 1.29 is 9.84 Å². The average molecular weight is 270 g/mol. The monoisotopic (exact) mass is 270 g/mol. The Labute approximate surface area is 115 Å². The number of hydrogen-bond acceptors (Lipinski definition) is 5. The van der Waals surface area contributed by atoms with Crippen LogP contribution in [0.5, 0.6) is 11.6 Å². The standard InChI is InChI=1S/C14H14N4O2/c1-10-8-13(18-14(17-10)15-9-16-18)20-12-4-2-11(3-5-12)6-7-19/h2-5,8-9,19H,6-7H2,1H3. The van der Waals surface area contributed by atoms with Gasteiger partial charge in [-0.2, -0.15) is 14.6 Å². The molecule has 0 saturated carbocycles. The van der Waals surface area contributed by atoms with Gasteiger partial charge >= 0.3 is 0 Å². The Morgan fingerprint density at radius 3 is 2.80 bits per heavy atom. The van der Waals surface area contributed by atoms with Crippen LogP contribution in [-0.4, -0.2) is 31.3 Å². The summed E-state index contributed by atoms with van der Waals surface area (Å²) in [5.74, 6) is 1.78. The number of ether oxygens (including phenoxy) is 1. The van der Waals surface area contributed by atoms with Crippen LogP contribution in [0, 0.1) is 6.92 Å². The summed E-state index contributed by atoms with van der Waals surface area (Å²) in [4.78, 5) is 8.31. The minimum absolute atomic E-state index is 0.142. The number of hydrogen-bond donors (Lipinski definition) is 1. The Morgan fingerprint density at radius 1 is 1.25 bits per heavy atom. The van der Waals surface area contributed by atoms with Gasteiger partial charge < -0.3 is 9.84 Å². The second-order valence-electron chi connectivity index (χ2n) is 4.43. The molecule has 1 N–H and O–H groups in total. The van der Waals surface area contributed by atoms with Crippen LogP contribution in [-0.2, 0) is 6.42 Å². The van der Waals surface area contributed by atoms with Gasteiger partial charge in [-0.1, -0.05) is 12.1 Å². The van der Waals surface area contributed by atoms with Crippen molar-refractivity contribution >= 4 is 5.78 Å². The van der Waals surface area contributed by atoms with Crippen LogP contribution in [0.4, 0.5) is 0 Å². The Balaban J connectivity index is 1.90. The second-order valence-corrected chi connectivity index (χ2v) is 4.43. The van der Waals surface area contributed by atoms with Crippen molar-refractivity contribution in [1.82, 2.24) is 19.6 Å². The van der Waals surface area contributed by atoms with Gasteiger partial charge in [0.15, 0.2) is 0 Å². The summed E-state index contributed by atoms with van der Waals surface area (Å²) in [5, 5.41) is 13.0. The van der Waals surface area contributed by atoms with E-state index in [-0.39, 0.29) is 6.61 Å². The molecule has 0 fully saturated rings. The van der Waals surface area contributed by atoms with E-state index in [0.717, 1.165) is 11.3 Å². The third kappa shape index (κ3) is 2.46. The van der Waals surface area contributed by atoms with Gasteiger partial charge in [0.1, 0.15) is 12.1 Å². The molecule has 0 aliphatic rings. The SMILES string of the molecule is Cc1cc(Oc2ccc(CCO)cc2)n2ncnc2n1. The number of aliphatic hydroxyl groups excluding tert-OH is 1. The Bertz CT molecular complexity index is 722. The number of aliphatic hydroxyl groups is 1. The average Bonchev–Trinajstić information content (AvgIpc) is 2.89. The number of nitrogens with zero attached hydrogens (tertiary/aromatic N) is 4. The number of fused-ring (bicyclic) bond motifs is 1. The molecule has 6 nitrogen and oxygen atoms in total. The van der Waals surface area contributed by atoms with Gasteiger partial charge in [-0.3, -0.25) is 0 Å². The molecule has 0 bridgehead atoms. The minimum Gasteiger partial charge on any atom is -0.439 e. The molecule has 0 saturated heterocycles. The zero-order chi connectivity index (χ0) is 13.9. The molecule has 1 aromatic carbocycles. The minimum atomic E-state index is 0.142. The molecule has 102 valence electrons. The summed E-state index contributed by atoms with van der Waals surface area (Å²) in [6, 6.07) is 9.40. The van der Waals surface area contributed by atoms with Crippen molar-refractivity contribution in [2.24, 2.45) is 0 Å². The van der Waals surface area contributed by atoms with E-state index in [1.54, 1.807) is 4.52 Å². The van der Waals surface area contributed by atoms with Crippen molar-refractivity contribution in [3.63, 3.8) is 0 Å². The molecule has 0 aliphatic heterocycles. The highest BCUT2D eigenvalue weighted by atomic mass is 16.5. The Kier molecular flexibility index (Phi) is 3.30. The van der Waals surface area contributed by atoms with Crippen LogP contribution in [0.3, 0.4) is 0 Å². The lowest BCUT2D eigenvalue weighted by molar-refractivity contribution is 0.299. The highest BCUT2D eigenvalue weighted by Crippen LogP contribution is 2.22.